The Morgan fingerprint density at radius 1 is 1.27 bits per heavy atom. The van der Waals surface area contributed by atoms with Gasteiger partial charge in [0.2, 0.25) is 0 Å². The van der Waals surface area contributed by atoms with E-state index in [1.54, 1.807) is 24.3 Å². The molecule has 1 aromatic rings. The molecule has 0 aliphatic carbocycles. The van der Waals surface area contributed by atoms with E-state index in [0.29, 0.717) is 11.3 Å². The van der Waals surface area contributed by atoms with Crippen molar-refractivity contribution in [3.63, 3.8) is 0 Å². The lowest BCUT2D eigenvalue weighted by Crippen LogP contribution is -2.20. The van der Waals surface area contributed by atoms with E-state index in [0.717, 1.165) is 0 Å². The molecule has 2 N–H and O–H groups in total. The van der Waals surface area contributed by atoms with Crippen LogP contribution in [0.2, 0.25) is 0 Å². The van der Waals surface area contributed by atoms with E-state index >= 15 is 0 Å². The summed E-state index contributed by atoms with van der Waals surface area (Å²) >= 11 is 5.39. The molecule has 0 saturated carbocycles. The second-order valence-electron chi connectivity index (χ2n) is 2.84. The van der Waals surface area contributed by atoms with Gasteiger partial charge < -0.3 is 10.5 Å². The number of carbonyl (C=O) groups is 2. The molecule has 0 spiro atoms. The zero-order chi connectivity index (χ0) is 11.3. The SMILES string of the molecule is NC(=O)COc1ccc(C(=O)CCl)cc1. The monoisotopic (exact) mass is 227 g/mol. The van der Waals surface area contributed by atoms with Crippen LogP contribution in [0.15, 0.2) is 24.3 Å². The minimum absolute atomic E-state index is 0.0541. The highest BCUT2D eigenvalue weighted by atomic mass is 35.5. The van der Waals surface area contributed by atoms with E-state index in [2.05, 4.69) is 0 Å². The number of rotatable bonds is 5. The molecule has 0 aliphatic rings. The number of halogens is 1. The summed E-state index contributed by atoms with van der Waals surface area (Å²) < 4.78 is 5.02. The zero-order valence-corrected chi connectivity index (χ0v) is 8.66. The highest BCUT2D eigenvalue weighted by molar-refractivity contribution is 6.30. The maximum Gasteiger partial charge on any atom is 0.255 e. The van der Waals surface area contributed by atoms with Gasteiger partial charge in [0, 0.05) is 5.56 Å². The summed E-state index contributed by atoms with van der Waals surface area (Å²) in [6.07, 6.45) is 0. The van der Waals surface area contributed by atoms with Crippen molar-refractivity contribution in [2.75, 3.05) is 12.5 Å². The fourth-order valence-corrected chi connectivity index (χ4v) is 1.12. The number of amides is 1. The smallest absolute Gasteiger partial charge is 0.255 e. The molecule has 0 aliphatic heterocycles. The Bertz CT molecular complexity index is 361. The van der Waals surface area contributed by atoms with Crippen LogP contribution in [0.3, 0.4) is 0 Å². The third-order valence-electron chi connectivity index (χ3n) is 1.68. The summed E-state index contributed by atoms with van der Waals surface area (Å²) in [5.74, 6) is -0.268. The topological polar surface area (TPSA) is 69.4 Å². The summed E-state index contributed by atoms with van der Waals surface area (Å²) in [4.78, 5) is 21.6. The Kier molecular flexibility index (Phi) is 4.12. The van der Waals surface area contributed by atoms with Gasteiger partial charge >= 0.3 is 0 Å². The van der Waals surface area contributed by atoms with Crippen molar-refractivity contribution in [2.45, 2.75) is 0 Å². The number of benzene rings is 1. The number of carbonyl (C=O) groups excluding carboxylic acids is 2. The third-order valence-corrected chi connectivity index (χ3v) is 1.92. The molecular formula is C10H10ClNO3. The Morgan fingerprint density at radius 2 is 1.87 bits per heavy atom. The number of hydrogen-bond donors (Lipinski definition) is 1. The number of hydrogen-bond acceptors (Lipinski definition) is 3. The van der Waals surface area contributed by atoms with Crippen LogP contribution < -0.4 is 10.5 Å². The lowest BCUT2D eigenvalue weighted by molar-refractivity contribution is -0.119. The van der Waals surface area contributed by atoms with Gasteiger partial charge in [-0.1, -0.05) is 0 Å². The highest BCUT2D eigenvalue weighted by Gasteiger charge is 2.04. The number of nitrogens with two attached hydrogens (primary N) is 1. The molecule has 5 heteroatoms. The fourth-order valence-electron chi connectivity index (χ4n) is 0.969. The first kappa shape index (κ1) is 11.5. The van der Waals surface area contributed by atoms with E-state index in [1.165, 1.54) is 0 Å². The Hall–Kier alpha value is -1.55. The molecule has 0 radical (unpaired) electrons. The first-order valence-electron chi connectivity index (χ1n) is 4.24. The predicted molar refractivity (Wildman–Crippen MR) is 56.2 cm³/mol. The van der Waals surface area contributed by atoms with Gasteiger partial charge in [-0.15, -0.1) is 11.6 Å². The van der Waals surface area contributed by atoms with E-state index in [-0.39, 0.29) is 18.3 Å². The molecule has 80 valence electrons. The average Bonchev–Trinajstić information content (AvgIpc) is 2.26. The second kappa shape index (κ2) is 5.36. The number of alkyl halides is 1. The normalized spacial score (nSPS) is 9.67. The number of ketones is 1. The van der Waals surface area contributed by atoms with Crippen molar-refractivity contribution < 1.29 is 14.3 Å². The Labute approximate surface area is 92.0 Å². The first-order chi connectivity index (χ1) is 7.13. The number of primary amides is 1. The van der Waals surface area contributed by atoms with Crippen LogP contribution in [0, 0.1) is 0 Å². The summed E-state index contributed by atoms with van der Waals surface area (Å²) in [5, 5.41) is 0. The fraction of sp³-hybridized carbons (Fsp3) is 0.200. The molecule has 15 heavy (non-hydrogen) atoms. The van der Waals surface area contributed by atoms with Gasteiger partial charge in [0.1, 0.15) is 5.75 Å². The van der Waals surface area contributed by atoms with Crippen molar-refractivity contribution in [2.24, 2.45) is 5.73 Å². The van der Waals surface area contributed by atoms with Crippen molar-refractivity contribution in [1.82, 2.24) is 0 Å². The molecule has 4 nitrogen and oxygen atoms in total. The molecule has 0 fully saturated rings. The Morgan fingerprint density at radius 3 is 2.33 bits per heavy atom. The van der Waals surface area contributed by atoms with Crippen molar-refractivity contribution in [3.05, 3.63) is 29.8 Å². The van der Waals surface area contributed by atoms with E-state index in [1.807, 2.05) is 0 Å². The third kappa shape index (κ3) is 3.59. The predicted octanol–water partition coefficient (Wildman–Crippen LogP) is 0.972. The van der Waals surface area contributed by atoms with Crippen molar-refractivity contribution in [3.8, 4) is 5.75 Å². The van der Waals surface area contributed by atoms with Gasteiger partial charge in [-0.05, 0) is 24.3 Å². The highest BCUT2D eigenvalue weighted by Crippen LogP contribution is 2.12. The Balaban J connectivity index is 2.64. The van der Waals surface area contributed by atoms with Crippen LogP contribution in [0.25, 0.3) is 0 Å². The largest absolute Gasteiger partial charge is 0.484 e. The average molecular weight is 228 g/mol. The summed E-state index contributed by atoms with van der Waals surface area (Å²) in [6.45, 7) is -0.178. The summed E-state index contributed by atoms with van der Waals surface area (Å²) in [7, 11) is 0. The van der Waals surface area contributed by atoms with Gasteiger partial charge in [-0.3, -0.25) is 9.59 Å². The van der Waals surface area contributed by atoms with E-state index in [4.69, 9.17) is 22.1 Å². The lowest BCUT2D eigenvalue weighted by atomic mass is 10.1. The molecule has 0 aromatic heterocycles. The summed E-state index contributed by atoms with van der Waals surface area (Å²) in [6, 6.07) is 6.34. The van der Waals surface area contributed by atoms with E-state index in [9.17, 15) is 9.59 Å². The minimum atomic E-state index is -0.545. The van der Waals surface area contributed by atoms with Gasteiger partial charge in [0.25, 0.3) is 5.91 Å². The quantitative estimate of drug-likeness (QED) is 0.602. The first-order valence-corrected chi connectivity index (χ1v) is 4.77. The molecule has 0 heterocycles. The standard InChI is InChI=1S/C10H10ClNO3/c11-5-9(13)7-1-3-8(4-2-7)15-6-10(12)14/h1-4H,5-6H2,(H2,12,14). The van der Waals surface area contributed by atoms with E-state index < -0.39 is 5.91 Å². The van der Waals surface area contributed by atoms with Crippen LogP contribution in [0.4, 0.5) is 0 Å². The lowest BCUT2D eigenvalue weighted by Gasteiger charge is -2.03. The van der Waals surface area contributed by atoms with Gasteiger partial charge in [0.15, 0.2) is 12.4 Å². The van der Waals surface area contributed by atoms with Crippen LogP contribution >= 0.6 is 11.6 Å². The van der Waals surface area contributed by atoms with Crippen LogP contribution in [0.5, 0.6) is 5.75 Å². The molecule has 1 amide bonds. The summed E-state index contributed by atoms with van der Waals surface area (Å²) in [5.41, 5.74) is 5.42. The molecule has 1 rings (SSSR count). The molecule has 0 unspecified atom stereocenters. The maximum atomic E-state index is 11.1. The molecule has 0 saturated heterocycles. The van der Waals surface area contributed by atoms with Crippen LogP contribution in [-0.2, 0) is 4.79 Å². The van der Waals surface area contributed by atoms with Gasteiger partial charge in [0.05, 0.1) is 5.88 Å². The minimum Gasteiger partial charge on any atom is -0.484 e. The zero-order valence-electron chi connectivity index (χ0n) is 7.90. The molecule has 1 aromatic carbocycles. The van der Waals surface area contributed by atoms with Crippen LogP contribution in [0.1, 0.15) is 10.4 Å². The second-order valence-corrected chi connectivity index (χ2v) is 3.10. The number of ether oxygens (including phenoxy) is 1. The van der Waals surface area contributed by atoms with Crippen molar-refractivity contribution in [1.29, 1.82) is 0 Å². The van der Waals surface area contributed by atoms with Gasteiger partial charge in [-0.2, -0.15) is 0 Å². The molecular weight excluding hydrogens is 218 g/mol. The maximum absolute atomic E-state index is 11.1. The molecule has 0 atom stereocenters. The van der Waals surface area contributed by atoms with Gasteiger partial charge in [-0.25, -0.2) is 0 Å². The molecule has 0 bridgehead atoms. The van der Waals surface area contributed by atoms with Crippen LogP contribution in [-0.4, -0.2) is 24.2 Å². The number of Topliss-reactive ketones (excluding diaryl/α,β-unsaturated/α-hetero) is 1. The van der Waals surface area contributed by atoms with Crippen molar-refractivity contribution >= 4 is 23.3 Å².